The Kier molecular flexibility index (Phi) is 5.55. The van der Waals surface area contributed by atoms with Gasteiger partial charge in [0.1, 0.15) is 0 Å². The molecule has 0 saturated heterocycles. The van der Waals surface area contributed by atoms with Crippen LogP contribution >= 0.6 is 17.0 Å². The van der Waals surface area contributed by atoms with Crippen molar-refractivity contribution in [2.45, 2.75) is 32.7 Å². The molecule has 0 N–H and O–H groups in total. The molecule has 0 aliphatic rings. The summed E-state index contributed by atoms with van der Waals surface area (Å²) in [6.07, 6.45) is 3.99. The lowest BCUT2D eigenvalue weighted by atomic mass is 9.86. The zero-order chi connectivity index (χ0) is 16.4. The highest BCUT2D eigenvalue weighted by atomic mass is 79.9. The molecule has 0 fully saturated rings. The van der Waals surface area contributed by atoms with Crippen molar-refractivity contribution < 1.29 is 9.36 Å². The lowest BCUT2D eigenvalue weighted by molar-refractivity contribution is -0.681. The summed E-state index contributed by atoms with van der Waals surface area (Å²) in [4.78, 5) is 12.5. The zero-order valence-corrected chi connectivity index (χ0v) is 16.0. The van der Waals surface area contributed by atoms with Gasteiger partial charge in [-0.3, -0.25) is 4.79 Å². The third kappa shape index (κ3) is 4.09. The van der Waals surface area contributed by atoms with Crippen molar-refractivity contribution in [3.05, 3.63) is 78.1 Å². The van der Waals surface area contributed by atoms with Gasteiger partial charge in [0.2, 0.25) is 12.3 Å². The van der Waals surface area contributed by atoms with Crippen LogP contribution in [0.4, 0.5) is 0 Å². The van der Waals surface area contributed by atoms with E-state index in [4.69, 9.17) is 0 Å². The molecule has 0 aliphatic heterocycles. The van der Waals surface area contributed by atoms with E-state index in [1.165, 1.54) is 10.9 Å². The van der Waals surface area contributed by atoms with Gasteiger partial charge in [-0.1, -0.05) is 63.2 Å². The summed E-state index contributed by atoms with van der Waals surface area (Å²) in [5.74, 6) is 0.130. The first kappa shape index (κ1) is 18.3. The van der Waals surface area contributed by atoms with Crippen LogP contribution in [0.3, 0.4) is 0 Å². The Bertz CT molecular complexity index is 848. The highest BCUT2D eigenvalue weighted by molar-refractivity contribution is 8.93. The summed E-state index contributed by atoms with van der Waals surface area (Å²) >= 11 is 0. The van der Waals surface area contributed by atoms with Crippen molar-refractivity contribution >= 4 is 33.5 Å². The maximum atomic E-state index is 12.5. The van der Waals surface area contributed by atoms with Crippen LogP contribution in [0.5, 0.6) is 0 Å². The number of pyridine rings is 1. The monoisotopic (exact) mass is 384 g/mol. The van der Waals surface area contributed by atoms with E-state index in [2.05, 4.69) is 45.0 Å². The summed E-state index contributed by atoms with van der Waals surface area (Å²) in [5, 5.41) is 2.33. The van der Waals surface area contributed by atoms with E-state index in [0.717, 1.165) is 10.9 Å². The first-order chi connectivity index (χ1) is 10.9. The SMILES string of the molecule is Br.CC(C)(C)c1ccc(C(=O)C[n+]2ccc3ccccc3c2)cc1. The molecule has 0 amide bonds. The molecule has 3 rings (SSSR count). The molecule has 0 aliphatic carbocycles. The Labute approximate surface area is 153 Å². The Hall–Kier alpha value is -2.00. The van der Waals surface area contributed by atoms with E-state index in [9.17, 15) is 4.79 Å². The molecule has 0 atom stereocenters. The number of ketones is 1. The first-order valence-corrected chi connectivity index (χ1v) is 7.95. The highest BCUT2D eigenvalue weighted by Crippen LogP contribution is 2.22. The van der Waals surface area contributed by atoms with E-state index in [0.29, 0.717) is 6.54 Å². The molecule has 1 heterocycles. The molecule has 0 radical (unpaired) electrons. The zero-order valence-electron chi connectivity index (χ0n) is 14.3. The normalized spacial score (nSPS) is 11.1. The van der Waals surface area contributed by atoms with Crippen LogP contribution in [0.15, 0.2) is 67.0 Å². The minimum Gasteiger partial charge on any atom is -0.287 e. The predicted molar refractivity (Wildman–Crippen MR) is 104 cm³/mol. The molecular formula is C21H23BrNO+. The van der Waals surface area contributed by atoms with Gasteiger partial charge in [0.15, 0.2) is 12.4 Å². The molecule has 0 spiro atoms. The molecule has 2 nitrogen and oxygen atoms in total. The number of hydrogen-bond donors (Lipinski definition) is 0. The van der Waals surface area contributed by atoms with Crippen LogP contribution in [0, 0.1) is 0 Å². The maximum absolute atomic E-state index is 12.5. The third-order valence-electron chi connectivity index (χ3n) is 4.15. The van der Waals surface area contributed by atoms with Gasteiger partial charge in [-0.2, -0.15) is 4.57 Å². The summed E-state index contributed by atoms with van der Waals surface area (Å²) in [6, 6.07) is 18.2. The van der Waals surface area contributed by atoms with Crippen molar-refractivity contribution in [3.8, 4) is 0 Å². The van der Waals surface area contributed by atoms with Crippen LogP contribution in [-0.4, -0.2) is 5.78 Å². The molecule has 3 aromatic rings. The first-order valence-electron chi connectivity index (χ1n) is 7.95. The summed E-state index contributed by atoms with van der Waals surface area (Å²) < 4.78 is 1.95. The Morgan fingerprint density at radius 3 is 2.17 bits per heavy atom. The second kappa shape index (κ2) is 7.27. The van der Waals surface area contributed by atoms with Crippen molar-refractivity contribution in [2.24, 2.45) is 0 Å². The van der Waals surface area contributed by atoms with E-state index in [1.54, 1.807) is 0 Å². The minimum atomic E-state index is 0. The van der Waals surface area contributed by atoms with Crippen LogP contribution in [-0.2, 0) is 12.0 Å². The third-order valence-corrected chi connectivity index (χ3v) is 4.15. The number of aromatic nitrogens is 1. The molecule has 0 bridgehead atoms. The summed E-state index contributed by atoms with van der Waals surface area (Å²) in [7, 11) is 0. The number of rotatable bonds is 3. The van der Waals surface area contributed by atoms with Gasteiger partial charge in [0.25, 0.3) is 0 Å². The number of fused-ring (bicyclic) bond motifs is 1. The standard InChI is InChI=1S/C21H22NO.BrH/c1-21(2,3)19-10-8-17(9-11-19)20(23)15-22-13-12-16-6-4-5-7-18(16)14-22;/h4-14H,15H2,1-3H3;1H/q+1;. The summed E-state index contributed by atoms with van der Waals surface area (Å²) in [6.45, 7) is 6.89. The van der Waals surface area contributed by atoms with Gasteiger partial charge < -0.3 is 0 Å². The Balaban J connectivity index is 0.00000208. The van der Waals surface area contributed by atoms with Gasteiger partial charge >= 0.3 is 0 Å². The maximum Gasteiger partial charge on any atom is 0.227 e. The minimum absolute atomic E-state index is 0. The summed E-state index contributed by atoms with van der Waals surface area (Å²) in [5.41, 5.74) is 2.11. The van der Waals surface area contributed by atoms with E-state index in [-0.39, 0.29) is 28.2 Å². The fourth-order valence-electron chi connectivity index (χ4n) is 2.69. The molecule has 0 unspecified atom stereocenters. The van der Waals surface area contributed by atoms with Crippen molar-refractivity contribution in [2.75, 3.05) is 0 Å². The van der Waals surface area contributed by atoms with Crippen molar-refractivity contribution in [1.29, 1.82) is 0 Å². The van der Waals surface area contributed by atoms with Crippen molar-refractivity contribution in [1.82, 2.24) is 0 Å². The molecular weight excluding hydrogens is 362 g/mol. The largest absolute Gasteiger partial charge is 0.287 e. The van der Waals surface area contributed by atoms with Gasteiger partial charge in [-0.05, 0) is 22.4 Å². The number of halogens is 1. The van der Waals surface area contributed by atoms with Gasteiger partial charge in [-0.15, -0.1) is 17.0 Å². The topological polar surface area (TPSA) is 20.9 Å². The average molecular weight is 385 g/mol. The second-order valence-electron chi connectivity index (χ2n) is 7.00. The number of Topliss-reactive ketones (excluding diaryl/α,β-unsaturated/α-hetero) is 1. The molecule has 1 aromatic heterocycles. The quantitative estimate of drug-likeness (QED) is 0.465. The second-order valence-corrected chi connectivity index (χ2v) is 7.00. The average Bonchev–Trinajstić information content (AvgIpc) is 2.54. The van der Waals surface area contributed by atoms with Gasteiger partial charge in [-0.25, -0.2) is 0 Å². The Morgan fingerprint density at radius 1 is 0.917 bits per heavy atom. The van der Waals surface area contributed by atoms with E-state index >= 15 is 0 Å². The predicted octanol–water partition coefficient (Wildman–Crippen LogP) is 4.89. The number of nitrogens with zero attached hydrogens (tertiary/aromatic N) is 1. The molecule has 124 valence electrons. The molecule has 3 heteroatoms. The smallest absolute Gasteiger partial charge is 0.227 e. The van der Waals surface area contributed by atoms with E-state index < -0.39 is 0 Å². The lowest BCUT2D eigenvalue weighted by Gasteiger charge is -2.18. The fourth-order valence-corrected chi connectivity index (χ4v) is 2.69. The highest BCUT2D eigenvalue weighted by Gasteiger charge is 2.16. The fraction of sp³-hybridized carbons (Fsp3) is 0.238. The molecule has 24 heavy (non-hydrogen) atoms. The van der Waals surface area contributed by atoms with Crippen LogP contribution < -0.4 is 4.57 Å². The van der Waals surface area contributed by atoms with Crippen LogP contribution in [0.1, 0.15) is 36.7 Å². The van der Waals surface area contributed by atoms with Crippen LogP contribution in [0.25, 0.3) is 10.8 Å². The number of hydrogen-bond acceptors (Lipinski definition) is 1. The number of carbonyl (C=O) groups excluding carboxylic acids is 1. The van der Waals surface area contributed by atoms with Crippen molar-refractivity contribution in [3.63, 3.8) is 0 Å². The van der Waals surface area contributed by atoms with Crippen LogP contribution in [0.2, 0.25) is 0 Å². The van der Waals surface area contributed by atoms with Gasteiger partial charge in [0, 0.05) is 17.0 Å². The molecule has 2 aromatic carbocycles. The van der Waals surface area contributed by atoms with Gasteiger partial charge in [0.05, 0.1) is 0 Å². The lowest BCUT2D eigenvalue weighted by Crippen LogP contribution is -2.37. The van der Waals surface area contributed by atoms with E-state index in [1.807, 2.05) is 47.3 Å². The molecule has 0 saturated carbocycles. The number of carbonyl (C=O) groups is 1. The number of benzene rings is 2. The Morgan fingerprint density at radius 2 is 1.54 bits per heavy atom.